The number of halogens is 2. The fraction of sp³-hybridized carbons (Fsp3) is 0.346. The van der Waals surface area contributed by atoms with Crippen molar-refractivity contribution in [2.24, 2.45) is 5.92 Å². The van der Waals surface area contributed by atoms with Crippen LogP contribution in [0.15, 0.2) is 46.8 Å². The van der Waals surface area contributed by atoms with Crippen LogP contribution in [0.3, 0.4) is 0 Å². The summed E-state index contributed by atoms with van der Waals surface area (Å²) in [6.45, 7) is 4.26. The van der Waals surface area contributed by atoms with Gasteiger partial charge in [-0.2, -0.15) is 0 Å². The van der Waals surface area contributed by atoms with Crippen molar-refractivity contribution in [2.75, 3.05) is 19.3 Å². The molecule has 2 aromatic rings. The molecule has 2 aliphatic rings. The van der Waals surface area contributed by atoms with Gasteiger partial charge in [0.1, 0.15) is 17.1 Å². The Morgan fingerprint density at radius 2 is 2.06 bits per heavy atom. The quantitative estimate of drug-likeness (QED) is 0.290. The lowest BCUT2D eigenvalue weighted by Crippen LogP contribution is -2.23. The van der Waals surface area contributed by atoms with Gasteiger partial charge in [0.05, 0.1) is 5.71 Å². The van der Waals surface area contributed by atoms with Gasteiger partial charge in [-0.15, -0.1) is 0 Å². The van der Waals surface area contributed by atoms with Crippen LogP contribution in [0.2, 0.25) is 0 Å². The first-order valence-corrected chi connectivity index (χ1v) is 12.0. The third-order valence-electron chi connectivity index (χ3n) is 6.35. The van der Waals surface area contributed by atoms with E-state index in [2.05, 4.69) is 15.6 Å². The first kappa shape index (κ1) is 24.7. The molecule has 184 valence electrons. The van der Waals surface area contributed by atoms with Crippen molar-refractivity contribution in [3.63, 3.8) is 0 Å². The number of benzene rings is 1. The van der Waals surface area contributed by atoms with Crippen LogP contribution in [0.25, 0.3) is 5.70 Å². The van der Waals surface area contributed by atoms with E-state index >= 15 is 0 Å². The Kier molecular flexibility index (Phi) is 7.12. The molecular formula is C26H30ClFN6O. The minimum absolute atomic E-state index is 0.130. The van der Waals surface area contributed by atoms with Crippen LogP contribution in [-0.2, 0) is 0 Å². The smallest absolute Gasteiger partial charge is 0.166 e. The predicted molar refractivity (Wildman–Crippen MR) is 139 cm³/mol. The number of nitrogen functional groups attached to an aromatic ring is 1. The Balaban J connectivity index is 1.98. The molecule has 7 nitrogen and oxygen atoms in total. The van der Waals surface area contributed by atoms with Gasteiger partial charge in [-0.1, -0.05) is 11.6 Å². The van der Waals surface area contributed by atoms with Crippen molar-refractivity contribution < 1.29 is 9.13 Å². The predicted octanol–water partition coefficient (Wildman–Crippen LogP) is 5.13. The highest BCUT2D eigenvalue weighted by Crippen LogP contribution is 2.36. The van der Waals surface area contributed by atoms with E-state index in [4.69, 9.17) is 32.9 Å². The van der Waals surface area contributed by atoms with Crippen molar-refractivity contribution in [1.82, 2.24) is 15.6 Å². The zero-order valence-electron chi connectivity index (χ0n) is 20.1. The lowest BCUT2D eigenvalue weighted by molar-refractivity contribution is 0.227. The van der Waals surface area contributed by atoms with Crippen molar-refractivity contribution in [2.45, 2.75) is 39.2 Å². The summed E-state index contributed by atoms with van der Waals surface area (Å²) in [4.78, 5) is 4.35. The van der Waals surface area contributed by atoms with Crippen molar-refractivity contribution in [1.29, 1.82) is 10.8 Å². The van der Waals surface area contributed by atoms with Gasteiger partial charge >= 0.3 is 0 Å². The van der Waals surface area contributed by atoms with Gasteiger partial charge in [0, 0.05) is 65.5 Å². The van der Waals surface area contributed by atoms with Gasteiger partial charge in [-0.05, 0) is 56.9 Å². The number of allylic oxidation sites excluding steroid dienone is 2. The molecule has 35 heavy (non-hydrogen) atoms. The maximum absolute atomic E-state index is 14.3. The van der Waals surface area contributed by atoms with Crippen LogP contribution in [0.5, 0.6) is 5.75 Å². The molecule has 0 saturated heterocycles. The topological polar surface area (TPSA) is 120 Å². The number of aromatic nitrogens is 1. The lowest BCUT2D eigenvalue weighted by atomic mass is 9.89. The minimum atomic E-state index is -0.620. The number of hydrogen-bond donors (Lipinski definition) is 5. The number of anilines is 1. The maximum atomic E-state index is 14.3. The molecule has 6 N–H and O–H groups in total. The molecule has 0 radical (unpaired) electrons. The summed E-state index contributed by atoms with van der Waals surface area (Å²) in [5.74, 6) is 0.713. The number of nitrogens with zero attached hydrogens (tertiary/aromatic N) is 1. The Hall–Kier alpha value is -3.39. The zero-order valence-corrected chi connectivity index (χ0v) is 20.8. The molecule has 4 rings (SSSR count). The van der Waals surface area contributed by atoms with Crippen LogP contribution in [0.4, 0.5) is 10.2 Å². The molecule has 1 aliphatic carbocycles. The summed E-state index contributed by atoms with van der Waals surface area (Å²) in [5.41, 5.74) is 10.2. The second kappa shape index (κ2) is 10.1. The molecule has 0 spiro atoms. The lowest BCUT2D eigenvalue weighted by Gasteiger charge is -2.25. The number of nitrogens with one attached hydrogen (secondary N) is 4. The fourth-order valence-electron chi connectivity index (χ4n) is 4.16. The van der Waals surface area contributed by atoms with Gasteiger partial charge in [0.2, 0.25) is 0 Å². The van der Waals surface area contributed by atoms with E-state index in [1.165, 1.54) is 25.0 Å². The first-order valence-electron chi connectivity index (χ1n) is 11.6. The largest absolute Gasteiger partial charge is 0.482 e. The maximum Gasteiger partial charge on any atom is 0.166 e. The molecule has 1 aromatic carbocycles. The van der Waals surface area contributed by atoms with Crippen LogP contribution < -0.4 is 21.1 Å². The van der Waals surface area contributed by atoms with Crippen molar-refractivity contribution in [3.05, 3.63) is 69.3 Å². The van der Waals surface area contributed by atoms with Gasteiger partial charge in [0.25, 0.3) is 0 Å². The highest BCUT2D eigenvalue weighted by molar-refractivity contribution is 6.33. The Bertz CT molecular complexity index is 1250. The van der Waals surface area contributed by atoms with Crippen LogP contribution in [0.1, 0.15) is 55.9 Å². The second-order valence-electron chi connectivity index (χ2n) is 9.00. The van der Waals surface area contributed by atoms with E-state index in [9.17, 15) is 4.39 Å². The standard InChI is InChI=1S/C26H30ClFN6O/c1-13(29)19-10-21(25(27)32-3)23(30)18-7-6-17(28)9-20(18)14(2)35-22-8-16(12-34-26(22)31)24(19)33-11-15-4-5-15/h6-9,12,14-15,29-30,32-33H,4-5,10-11H2,1-3H3,(H2,31,34)/b24-19-,25-21-,29-13?,30-23?/t14-/m1/s1. The molecule has 1 aliphatic heterocycles. The molecule has 1 atom stereocenters. The van der Waals surface area contributed by atoms with E-state index in [-0.39, 0.29) is 23.1 Å². The Labute approximate surface area is 209 Å². The average molecular weight is 497 g/mol. The average Bonchev–Trinajstić information content (AvgIpc) is 3.65. The SMILES string of the molecule is CN/C(Cl)=C1/C/C(C(C)=N)=C(/NCC2CC2)c2cnc(N)c(c2)O[C@H](C)c2cc(F)ccc2C1=N. The number of fused-ring (bicyclic) bond motifs is 3. The summed E-state index contributed by atoms with van der Waals surface area (Å²) < 4.78 is 20.5. The molecule has 1 saturated carbocycles. The normalized spacial score (nSPS) is 21.7. The minimum Gasteiger partial charge on any atom is -0.482 e. The number of hydrogen-bond acceptors (Lipinski definition) is 7. The van der Waals surface area contributed by atoms with Crippen LogP contribution >= 0.6 is 11.6 Å². The molecule has 1 aromatic heterocycles. The Morgan fingerprint density at radius 1 is 1.31 bits per heavy atom. The van der Waals surface area contributed by atoms with Gasteiger partial charge in [-0.3, -0.25) is 5.41 Å². The van der Waals surface area contributed by atoms with Crippen molar-refractivity contribution in [3.8, 4) is 5.75 Å². The fourth-order valence-corrected chi connectivity index (χ4v) is 4.32. The number of pyridine rings is 1. The Morgan fingerprint density at radius 3 is 2.71 bits per heavy atom. The zero-order chi connectivity index (χ0) is 25.3. The number of ether oxygens (including phenoxy) is 1. The van der Waals surface area contributed by atoms with Gasteiger partial charge in [0.15, 0.2) is 11.6 Å². The van der Waals surface area contributed by atoms with E-state index < -0.39 is 11.9 Å². The summed E-state index contributed by atoms with van der Waals surface area (Å²) in [6, 6.07) is 6.03. The first-order chi connectivity index (χ1) is 16.7. The summed E-state index contributed by atoms with van der Waals surface area (Å²) >= 11 is 6.59. The van der Waals surface area contributed by atoms with Gasteiger partial charge < -0.3 is 26.5 Å². The monoisotopic (exact) mass is 496 g/mol. The molecule has 2 bridgehead atoms. The van der Waals surface area contributed by atoms with Crippen molar-refractivity contribution >= 4 is 34.5 Å². The van der Waals surface area contributed by atoms with E-state index in [0.29, 0.717) is 39.7 Å². The highest BCUT2D eigenvalue weighted by atomic mass is 35.5. The van der Waals surface area contributed by atoms with Crippen LogP contribution in [-0.4, -0.2) is 30.0 Å². The van der Waals surface area contributed by atoms with Gasteiger partial charge in [-0.25, -0.2) is 9.37 Å². The number of nitrogens with two attached hydrogens (primary N) is 1. The second-order valence-corrected chi connectivity index (χ2v) is 9.37. The third kappa shape index (κ3) is 5.32. The molecule has 9 heteroatoms. The summed E-state index contributed by atoms with van der Waals surface area (Å²) in [7, 11) is 1.68. The third-order valence-corrected chi connectivity index (χ3v) is 6.77. The molecule has 0 unspecified atom stereocenters. The summed E-state index contributed by atoms with van der Waals surface area (Å²) in [5, 5.41) is 24.4. The van der Waals surface area contributed by atoms with E-state index in [1.54, 1.807) is 39.2 Å². The molecule has 1 fully saturated rings. The van der Waals surface area contributed by atoms with E-state index in [0.717, 1.165) is 17.8 Å². The van der Waals surface area contributed by atoms with E-state index in [1.807, 2.05) is 0 Å². The molecule has 0 amide bonds. The highest BCUT2D eigenvalue weighted by Gasteiger charge is 2.27. The molecule has 2 heterocycles. The number of rotatable bonds is 5. The molecular weight excluding hydrogens is 467 g/mol. The summed E-state index contributed by atoms with van der Waals surface area (Å²) in [6.07, 6.45) is 3.58. The van der Waals surface area contributed by atoms with Crippen LogP contribution in [0, 0.1) is 22.6 Å².